The predicted octanol–water partition coefficient (Wildman–Crippen LogP) is 4.99. The molecule has 10 heteroatoms. The van der Waals surface area contributed by atoms with Crippen molar-refractivity contribution in [3.05, 3.63) is 54.0 Å². The third-order valence-electron chi connectivity index (χ3n) is 6.88. The van der Waals surface area contributed by atoms with Crippen molar-refractivity contribution in [2.24, 2.45) is 22.6 Å². The smallest absolute Gasteiger partial charge is 0.242 e. The second-order valence-electron chi connectivity index (χ2n) is 10.9. The van der Waals surface area contributed by atoms with Gasteiger partial charge in [0.05, 0.1) is 23.3 Å². The zero-order valence-electron chi connectivity index (χ0n) is 22.9. The molecule has 0 unspecified atom stereocenters. The van der Waals surface area contributed by atoms with Crippen molar-refractivity contribution < 1.29 is 9.63 Å². The number of oxime groups is 1. The molecule has 4 aromatic rings. The number of H-pyrrole nitrogens is 1. The Kier molecular flexibility index (Phi) is 7.28. The SMILES string of the molecule is C=NOC(=NCC(=O)N[C@H]1CCCCc2cc(-c3ccnc4nc(-c5cnn(C)c5)[nH]c34)ccc21)C(C)(C)C. The summed E-state index contributed by atoms with van der Waals surface area (Å²) in [5, 5.41) is 10.9. The molecular weight excluding hydrogens is 492 g/mol. The van der Waals surface area contributed by atoms with Crippen LogP contribution in [0.25, 0.3) is 33.7 Å². The number of benzene rings is 1. The van der Waals surface area contributed by atoms with Crippen LogP contribution >= 0.6 is 0 Å². The molecule has 1 atom stereocenters. The predicted molar refractivity (Wildman–Crippen MR) is 152 cm³/mol. The van der Waals surface area contributed by atoms with Crippen molar-refractivity contribution in [3.63, 3.8) is 0 Å². The van der Waals surface area contributed by atoms with Crippen molar-refractivity contribution in [2.45, 2.75) is 52.5 Å². The third kappa shape index (κ3) is 5.74. The maximum absolute atomic E-state index is 12.9. The van der Waals surface area contributed by atoms with Crippen molar-refractivity contribution in [3.8, 4) is 22.5 Å². The number of amides is 1. The summed E-state index contributed by atoms with van der Waals surface area (Å²) in [5.74, 6) is 0.970. The Morgan fingerprint density at radius 2 is 2.10 bits per heavy atom. The second kappa shape index (κ2) is 10.8. The molecule has 0 radical (unpaired) electrons. The molecule has 0 saturated heterocycles. The van der Waals surface area contributed by atoms with E-state index in [1.807, 2.05) is 40.1 Å². The molecule has 2 N–H and O–H groups in total. The van der Waals surface area contributed by atoms with Crippen LogP contribution in [0.3, 0.4) is 0 Å². The Balaban J connectivity index is 1.40. The van der Waals surface area contributed by atoms with Gasteiger partial charge in [0.2, 0.25) is 11.8 Å². The molecule has 3 heterocycles. The number of rotatable bonds is 6. The number of aromatic amines is 1. The van der Waals surface area contributed by atoms with Gasteiger partial charge in [-0.1, -0.05) is 50.5 Å². The number of hydrogen-bond donors (Lipinski definition) is 2. The first-order valence-corrected chi connectivity index (χ1v) is 13.2. The lowest BCUT2D eigenvalue weighted by molar-refractivity contribution is -0.120. The largest absolute Gasteiger partial charge is 0.348 e. The standard InChI is InChI=1S/C29H34N8O2/c1-29(2,3)28(39-30-4)32-16-24(38)34-23-9-7-6-8-18-14-19(10-11-21(18)23)22-12-13-31-27-25(22)35-26(36-27)20-15-33-37(5)17-20/h10-15,17,23H,4,6-9,16H2,1-3,5H3,(H,34,38)(H,31,35,36)/t23-/m0/s1. The van der Waals surface area contributed by atoms with E-state index in [1.54, 1.807) is 17.1 Å². The molecule has 1 aliphatic carbocycles. The fraction of sp³-hybridized carbons (Fsp3) is 0.379. The van der Waals surface area contributed by atoms with Crippen molar-refractivity contribution >= 4 is 29.7 Å². The second-order valence-corrected chi connectivity index (χ2v) is 10.9. The van der Waals surface area contributed by atoms with Gasteiger partial charge in [0.15, 0.2) is 5.65 Å². The van der Waals surface area contributed by atoms with Gasteiger partial charge in [0.1, 0.15) is 12.4 Å². The summed E-state index contributed by atoms with van der Waals surface area (Å²) < 4.78 is 1.75. The average Bonchev–Trinajstić information content (AvgIpc) is 3.48. The topological polar surface area (TPSA) is 122 Å². The highest BCUT2D eigenvalue weighted by Crippen LogP contribution is 2.34. The van der Waals surface area contributed by atoms with Gasteiger partial charge in [-0.05, 0) is 42.0 Å². The minimum atomic E-state index is -0.376. The number of carbonyl (C=O) groups excluding carboxylic acids is 1. The minimum absolute atomic E-state index is 0.0276. The normalized spacial score (nSPS) is 16.0. The van der Waals surface area contributed by atoms with Crippen LogP contribution in [0, 0.1) is 5.41 Å². The molecule has 3 aromatic heterocycles. The van der Waals surface area contributed by atoms with Crippen LogP contribution in [0.4, 0.5) is 0 Å². The fourth-order valence-corrected chi connectivity index (χ4v) is 4.98. The highest BCUT2D eigenvalue weighted by atomic mass is 16.6. The van der Waals surface area contributed by atoms with Crippen LogP contribution in [-0.2, 0) is 23.1 Å². The van der Waals surface area contributed by atoms with Crippen LogP contribution in [0.2, 0.25) is 0 Å². The lowest BCUT2D eigenvalue weighted by Crippen LogP contribution is -2.32. The molecule has 0 fully saturated rings. The van der Waals surface area contributed by atoms with Crippen molar-refractivity contribution in [2.75, 3.05) is 6.54 Å². The summed E-state index contributed by atoms with van der Waals surface area (Å²) in [6, 6.07) is 8.43. The summed E-state index contributed by atoms with van der Waals surface area (Å²) in [5.41, 5.74) is 6.60. The number of nitrogens with one attached hydrogen (secondary N) is 2. The number of carbonyl (C=O) groups is 1. The molecule has 1 aromatic carbocycles. The average molecular weight is 527 g/mol. The van der Waals surface area contributed by atoms with E-state index in [9.17, 15) is 4.79 Å². The number of fused-ring (bicyclic) bond motifs is 2. The van der Waals surface area contributed by atoms with Gasteiger partial charge >= 0.3 is 0 Å². The maximum Gasteiger partial charge on any atom is 0.242 e. The lowest BCUT2D eigenvalue weighted by Gasteiger charge is -2.21. The van der Waals surface area contributed by atoms with Crippen molar-refractivity contribution in [1.82, 2.24) is 30.0 Å². The number of aryl methyl sites for hydroxylation is 2. The van der Waals surface area contributed by atoms with E-state index in [0.29, 0.717) is 11.5 Å². The van der Waals surface area contributed by atoms with Gasteiger partial charge in [-0.3, -0.25) is 9.48 Å². The molecule has 39 heavy (non-hydrogen) atoms. The van der Waals surface area contributed by atoms with Gasteiger partial charge < -0.3 is 15.1 Å². The molecule has 10 nitrogen and oxygen atoms in total. The Morgan fingerprint density at radius 3 is 2.85 bits per heavy atom. The molecule has 0 saturated carbocycles. The van der Waals surface area contributed by atoms with E-state index in [1.165, 1.54) is 5.56 Å². The summed E-state index contributed by atoms with van der Waals surface area (Å²) in [7, 11) is 1.88. The Hall–Kier alpha value is -4.34. The van der Waals surface area contributed by atoms with Gasteiger partial charge in [0, 0.05) is 37.1 Å². The number of imidazole rings is 1. The Morgan fingerprint density at radius 1 is 1.26 bits per heavy atom. The zero-order chi connectivity index (χ0) is 27.6. The maximum atomic E-state index is 12.9. The summed E-state index contributed by atoms with van der Waals surface area (Å²) in [6.45, 7) is 9.19. The molecular formula is C29H34N8O2. The number of hydrogen-bond acceptors (Lipinski definition) is 7. The molecule has 0 spiro atoms. The minimum Gasteiger partial charge on any atom is -0.348 e. The zero-order valence-corrected chi connectivity index (χ0v) is 22.9. The molecule has 1 amide bonds. The molecule has 0 aliphatic heterocycles. The quantitative estimate of drug-likeness (QED) is 0.159. The van der Waals surface area contributed by atoms with E-state index in [0.717, 1.165) is 59.3 Å². The van der Waals surface area contributed by atoms with E-state index >= 15 is 0 Å². The van der Waals surface area contributed by atoms with Crippen LogP contribution in [0.15, 0.2) is 53.0 Å². The van der Waals surface area contributed by atoms with Gasteiger partial charge in [-0.2, -0.15) is 5.10 Å². The van der Waals surface area contributed by atoms with E-state index in [4.69, 9.17) is 4.84 Å². The number of aromatic nitrogens is 5. The molecule has 202 valence electrons. The van der Waals surface area contributed by atoms with Gasteiger partial charge in [-0.25, -0.2) is 15.0 Å². The van der Waals surface area contributed by atoms with Gasteiger partial charge in [-0.15, -0.1) is 0 Å². The van der Waals surface area contributed by atoms with Crippen LogP contribution in [0.1, 0.15) is 57.2 Å². The molecule has 1 aliphatic rings. The summed E-state index contributed by atoms with van der Waals surface area (Å²) >= 11 is 0. The first-order chi connectivity index (χ1) is 18.7. The highest BCUT2D eigenvalue weighted by molar-refractivity contribution is 5.91. The monoisotopic (exact) mass is 526 g/mol. The highest BCUT2D eigenvalue weighted by Gasteiger charge is 2.24. The Bertz CT molecular complexity index is 1540. The van der Waals surface area contributed by atoms with Crippen molar-refractivity contribution in [1.29, 1.82) is 0 Å². The number of pyridine rings is 1. The molecule has 0 bridgehead atoms. The Labute approximate surface area is 227 Å². The first kappa shape index (κ1) is 26.3. The van der Waals surface area contributed by atoms with Crippen LogP contribution in [0.5, 0.6) is 0 Å². The third-order valence-corrected chi connectivity index (χ3v) is 6.88. The van der Waals surface area contributed by atoms with E-state index in [2.05, 4.69) is 60.4 Å². The first-order valence-electron chi connectivity index (χ1n) is 13.2. The lowest BCUT2D eigenvalue weighted by atomic mass is 9.94. The van der Waals surface area contributed by atoms with Crippen LogP contribution in [-0.4, -0.2) is 49.8 Å². The van der Waals surface area contributed by atoms with Crippen LogP contribution < -0.4 is 5.32 Å². The summed E-state index contributed by atoms with van der Waals surface area (Å²) in [4.78, 5) is 35.1. The fourth-order valence-electron chi connectivity index (χ4n) is 4.98. The number of nitrogens with zero attached hydrogens (tertiary/aromatic N) is 6. The number of aliphatic imine (C=N–C) groups is 1. The van der Waals surface area contributed by atoms with Gasteiger partial charge in [0.25, 0.3) is 0 Å². The molecule has 5 rings (SSSR count). The summed E-state index contributed by atoms with van der Waals surface area (Å²) in [6.07, 6.45) is 9.43. The van der Waals surface area contributed by atoms with E-state index in [-0.39, 0.29) is 23.9 Å². The van der Waals surface area contributed by atoms with E-state index < -0.39 is 0 Å².